The van der Waals surface area contributed by atoms with Crippen LogP contribution in [0.4, 0.5) is 4.79 Å². The monoisotopic (exact) mass is 187 g/mol. The summed E-state index contributed by atoms with van der Waals surface area (Å²) in [5, 5.41) is 2.08. The number of amides is 1. The van der Waals surface area contributed by atoms with Gasteiger partial charge in [-0.05, 0) is 20.8 Å². The highest BCUT2D eigenvalue weighted by Crippen LogP contribution is 2.06. The smallest absolute Gasteiger partial charge is 0.408 e. The number of carbonyl (C=O) groups is 3. The summed E-state index contributed by atoms with van der Waals surface area (Å²) in [7, 11) is 0. The Morgan fingerprint density at radius 3 is 2.08 bits per heavy atom. The standard InChI is InChI=1S/C8H13NO4/c1-8(2,3)13-7(12)9-6(4-10)5-11/h4-6H,1-3H3,(H,9,12). The quantitative estimate of drug-likeness (QED) is 0.508. The zero-order valence-electron chi connectivity index (χ0n) is 7.87. The molecule has 74 valence electrons. The summed E-state index contributed by atoms with van der Waals surface area (Å²) in [6.45, 7) is 5.05. The molecule has 0 aromatic heterocycles. The van der Waals surface area contributed by atoms with Crippen LogP contribution in [0.2, 0.25) is 0 Å². The van der Waals surface area contributed by atoms with Crippen molar-refractivity contribution in [2.24, 2.45) is 0 Å². The molecule has 0 spiro atoms. The summed E-state index contributed by atoms with van der Waals surface area (Å²) in [6, 6.07) is -1.13. The van der Waals surface area contributed by atoms with E-state index in [2.05, 4.69) is 5.32 Å². The third-order valence-corrected chi connectivity index (χ3v) is 0.977. The molecular formula is C8H13NO4. The summed E-state index contributed by atoms with van der Waals surface area (Å²) in [6.07, 6.45) is -0.120. The van der Waals surface area contributed by atoms with Gasteiger partial charge in [-0.1, -0.05) is 0 Å². The van der Waals surface area contributed by atoms with Gasteiger partial charge < -0.3 is 19.6 Å². The predicted molar refractivity (Wildman–Crippen MR) is 45.3 cm³/mol. The van der Waals surface area contributed by atoms with Crippen LogP contribution in [0.3, 0.4) is 0 Å². The fourth-order valence-corrected chi connectivity index (χ4v) is 0.544. The molecule has 0 radical (unpaired) electrons. The number of hydrogen-bond acceptors (Lipinski definition) is 4. The largest absolute Gasteiger partial charge is 0.444 e. The molecule has 5 heteroatoms. The highest BCUT2D eigenvalue weighted by atomic mass is 16.6. The zero-order valence-corrected chi connectivity index (χ0v) is 7.87. The summed E-state index contributed by atoms with van der Waals surface area (Å²) >= 11 is 0. The van der Waals surface area contributed by atoms with Crippen LogP contribution in [0.5, 0.6) is 0 Å². The van der Waals surface area contributed by atoms with Crippen molar-refractivity contribution in [2.45, 2.75) is 32.4 Å². The molecule has 13 heavy (non-hydrogen) atoms. The molecule has 0 heterocycles. The molecule has 1 amide bonds. The molecule has 0 aliphatic rings. The van der Waals surface area contributed by atoms with Gasteiger partial charge in [0, 0.05) is 0 Å². The minimum atomic E-state index is -1.13. The van der Waals surface area contributed by atoms with Gasteiger partial charge in [-0.3, -0.25) is 0 Å². The maximum atomic E-state index is 10.9. The van der Waals surface area contributed by atoms with Gasteiger partial charge >= 0.3 is 6.09 Å². The second kappa shape index (κ2) is 4.59. The Labute approximate surface area is 76.4 Å². The molecule has 0 aliphatic carbocycles. The van der Waals surface area contributed by atoms with Crippen LogP contribution in [0.1, 0.15) is 20.8 Å². The van der Waals surface area contributed by atoms with Crippen LogP contribution in [-0.2, 0) is 14.3 Å². The average Bonchev–Trinajstić information content (AvgIpc) is 1.96. The summed E-state index contributed by atoms with van der Waals surface area (Å²) in [5.74, 6) is 0. The van der Waals surface area contributed by atoms with E-state index in [9.17, 15) is 14.4 Å². The Kier molecular flexibility index (Phi) is 4.10. The molecule has 0 rings (SSSR count). The van der Waals surface area contributed by atoms with Gasteiger partial charge in [0.15, 0.2) is 0 Å². The predicted octanol–water partition coefficient (Wildman–Crippen LogP) is 0.277. The normalized spacial score (nSPS) is 10.8. The summed E-state index contributed by atoms with van der Waals surface area (Å²) < 4.78 is 4.80. The molecule has 0 unspecified atom stereocenters. The zero-order chi connectivity index (χ0) is 10.5. The van der Waals surface area contributed by atoms with E-state index >= 15 is 0 Å². The van der Waals surface area contributed by atoms with E-state index in [1.807, 2.05) is 0 Å². The van der Waals surface area contributed by atoms with E-state index in [1.165, 1.54) is 0 Å². The van der Waals surface area contributed by atoms with Gasteiger partial charge in [0.25, 0.3) is 0 Å². The lowest BCUT2D eigenvalue weighted by atomic mass is 10.2. The molecule has 0 atom stereocenters. The number of rotatable bonds is 3. The molecule has 0 saturated carbocycles. The summed E-state index contributed by atoms with van der Waals surface area (Å²) in [5.41, 5.74) is -0.638. The minimum absolute atomic E-state index is 0.330. The Balaban J connectivity index is 4.00. The third kappa shape index (κ3) is 5.84. The van der Waals surface area contributed by atoms with Gasteiger partial charge in [-0.2, -0.15) is 0 Å². The van der Waals surface area contributed by atoms with Gasteiger partial charge in [-0.25, -0.2) is 4.79 Å². The number of hydrogen-bond donors (Lipinski definition) is 1. The third-order valence-electron chi connectivity index (χ3n) is 0.977. The Hall–Kier alpha value is -1.39. The van der Waals surface area contributed by atoms with E-state index in [1.54, 1.807) is 20.8 Å². The number of nitrogens with one attached hydrogen (secondary N) is 1. The van der Waals surface area contributed by atoms with Crippen LogP contribution in [-0.4, -0.2) is 30.3 Å². The molecule has 0 aliphatic heterocycles. The Morgan fingerprint density at radius 1 is 1.31 bits per heavy atom. The average molecular weight is 187 g/mol. The molecular weight excluding hydrogens is 174 g/mol. The first kappa shape index (κ1) is 11.6. The Bertz CT molecular complexity index is 199. The summed E-state index contributed by atoms with van der Waals surface area (Å²) in [4.78, 5) is 31.2. The lowest BCUT2D eigenvalue weighted by molar-refractivity contribution is -0.117. The first-order chi connectivity index (χ1) is 5.89. The molecule has 0 fully saturated rings. The van der Waals surface area contributed by atoms with Crippen molar-refractivity contribution in [3.05, 3.63) is 0 Å². The molecule has 5 nitrogen and oxygen atoms in total. The molecule has 1 N–H and O–H groups in total. The van der Waals surface area contributed by atoms with E-state index in [0.717, 1.165) is 0 Å². The van der Waals surface area contributed by atoms with Crippen molar-refractivity contribution in [1.29, 1.82) is 0 Å². The van der Waals surface area contributed by atoms with Gasteiger partial charge in [0.05, 0.1) is 0 Å². The van der Waals surface area contributed by atoms with Crippen LogP contribution >= 0.6 is 0 Å². The van der Waals surface area contributed by atoms with E-state index in [-0.39, 0.29) is 0 Å². The lowest BCUT2D eigenvalue weighted by Gasteiger charge is -2.20. The lowest BCUT2D eigenvalue weighted by Crippen LogP contribution is -2.40. The fraction of sp³-hybridized carbons (Fsp3) is 0.625. The maximum Gasteiger partial charge on any atom is 0.408 e. The van der Waals surface area contributed by atoms with Crippen molar-refractivity contribution < 1.29 is 19.1 Å². The number of ether oxygens (including phenoxy) is 1. The van der Waals surface area contributed by atoms with Crippen LogP contribution in [0.15, 0.2) is 0 Å². The van der Waals surface area contributed by atoms with Crippen molar-refractivity contribution in [3.8, 4) is 0 Å². The first-order valence-electron chi connectivity index (χ1n) is 3.79. The van der Waals surface area contributed by atoms with E-state index < -0.39 is 17.7 Å². The van der Waals surface area contributed by atoms with Crippen molar-refractivity contribution in [1.82, 2.24) is 5.32 Å². The van der Waals surface area contributed by atoms with Gasteiger partial charge in [0.1, 0.15) is 24.2 Å². The topological polar surface area (TPSA) is 72.5 Å². The highest BCUT2D eigenvalue weighted by Gasteiger charge is 2.18. The maximum absolute atomic E-state index is 10.9. The number of alkyl carbamates (subject to hydrolysis) is 1. The number of carbonyl (C=O) groups excluding carboxylic acids is 3. The van der Waals surface area contributed by atoms with E-state index in [0.29, 0.717) is 12.6 Å². The molecule has 0 saturated heterocycles. The minimum Gasteiger partial charge on any atom is -0.444 e. The van der Waals surface area contributed by atoms with Crippen LogP contribution in [0, 0.1) is 0 Å². The molecule has 0 aromatic rings. The van der Waals surface area contributed by atoms with Crippen LogP contribution in [0.25, 0.3) is 0 Å². The number of aldehydes is 2. The fourth-order valence-electron chi connectivity index (χ4n) is 0.544. The van der Waals surface area contributed by atoms with Gasteiger partial charge in [0.2, 0.25) is 0 Å². The molecule has 0 bridgehead atoms. The Morgan fingerprint density at radius 2 is 1.77 bits per heavy atom. The SMILES string of the molecule is CC(C)(C)OC(=O)NC(C=O)C=O. The first-order valence-corrected chi connectivity index (χ1v) is 3.79. The highest BCUT2D eigenvalue weighted by molar-refractivity contribution is 5.87. The van der Waals surface area contributed by atoms with Crippen molar-refractivity contribution in [3.63, 3.8) is 0 Å². The van der Waals surface area contributed by atoms with Crippen molar-refractivity contribution >= 4 is 18.7 Å². The van der Waals surface area contributed by atoms with Crippen molar-refractivity contribution in [2.75, 3.05) is 0 Å². The molecule has 0 aromatic carbocycles. The van der Waals surface area contributed by atoms with Gasteiger partial charge in [-0.15, -0.1) is 0 Å². The second-order valence-corrected chi connectivity index (χ2v) is 3.44. The second-order valence-electron chi connectivity index (χ2n) is 3.44. The van der Waals surface area contributed by atoms with E-state index in [4.69, 9.17) is 4.74 Å². The van der Waals surface area contributed by atoms with Crippen LogP contribution < -0.4 is 5.32 Å².